The molecule has 2 saturated carbocycles. The van der Waals surface area contributed by atoms with Gasteiger partial charge in [0.15, 0.2) is 5.78 Å². The zero-order valence-corrected chi connectivity index (χ0v) is 33.5. The first-order valence-electron chi connectivity index (χ1n) is 17.0. The van der Waals surface area contributed by atoms with Crippen LogP contribution >= 0.6 is 0 Å². The molecule has 12 heteroatoms. The molecule has 2 aliphatic rings. The number of ether oxygens (including phenoxy) is 2. The topological polar surface area (TPSA) is 126 Å². The van der Waals surface area contributed by atoms with Gasteiger partial charge in [0.25, 0.3) is 0 Å². The Morgan fingerprint density at radius 2 is 1.22 bits per heavy atom. The van der Waals surface area contributed by atoms with Crippen LogP contribution in [0.3, 0.4) is 0 Å². The number of hydrogen-bond donors (Lipinski definition) is 1. The van der Waals surface area contributed by atoms with Gasteiger partial charge >= 0.3 is 41.5 Å². The molecule has 4 heterocycles. The first-order valence-corrected chi connectivity index (χ1v) is 17.0. The molecule has 2 aliphatic carbocycles. The largest absolute Gasteiger partial charge is 1.00 e. The van der Waals surface area contributed by atoms with Crippen LogP contribution in [0.4, 0.5) is 0 Å². The molecule has 263 valence electrons. The van der Waals surface area contributed by atoms with Gasteiger partial charge in [-0.25, -0.2) is 19.6 Å². The predicted octanol–water partition coefficient (Wildman–Crippen LogP) is 4.21. The smallest absolute Gasteiger partial charge is 1.00 e. The molecule has 3 atom stereocenters. The third-order valence-electron chi connectivity index (χ3n) is 9.01. The van der Waals surface area contributed by atoms with Crippen molar-refractivity contribution in [3.05, 3.63) is 59.2 Å². The van der Waals surface area contributed by atoms with Gasteiger partial charge in [0, 0.05) is 48.9 Å². The van der Waals surface area contributed by atoms with Crippen LogP contribution in [0.15, 0.2) is 36.7 Å². The fourth-order valence-corrected chi connectivity index (χ4v) is 6.48. The van der Waals surface area contributed by atoms with Gasteiger partial charge in [-0.3, -0.25) is 4.79 Å². The molecule has 0 aromatic carbocycles. The molecule has 0 aliphatic heterocycles. The molecule has 4 aromatic heterocycles. The second-order valence-corrected chi connectivity index (χ2v) is 15.3. The van der Waals surface area contributed by atoms with E-state index in [1.54, 1.807) is 18.5 Å². The zero-order valence-electron chi connectivity index (χ0n) is 32.5. The van der Waals surface area contributed by atoms with Crippen LogP contribution in [0.5, 0.6) is 0 Å². The van der Waals surface area contributed by atoms with E-state index in [1.807, 2.05) is 96.6 Å². The van der Waals surface area contributed by atoms with Crippen LogP contribution in [-0.4, -0.2) is 67.6 Å². The second-order valence-electron chi connectivity index (χ2n) is 15.3. The van der Waals surface area contributed by atoms with Gasteiger partial charge in [0.05, 0.1) is 29.3 Å². The van der Waals surface area contributed by atoms with Crippen molar-refractivity contribution in [1.82, 2.24) is 19.1 Å². The van der Waals surface area contributed by atoms with E-state index in [0.29, 0.717) is 22.7 Å². The van der Waals surface area contributed by atoms with Gasteiger partial charge in [-0.2, -0.15) is 0 Å². The molecule has 2 fully saturated rings. The van der Waals surface area contributed by atoms with Gasteiger partial charge < -0.3 is 25.1 Å². The summed E-state index contributed by atoms with van der Waals surface area (Å²) in [7, 11) is 0. The predicted molar refractivity (Wildman–Crippen MR) is 192 cm³/mol. The van der Waals surface area contributed by atoms with Crippen molar-refractivity contribution in [1.29, 1.82) is 0 Å². The van der Waals surface area contributed by atoms with Crippen molar-refractivity contribution in [2.24, 2.45) is 11.8 Å². The summed E-state index contributed by atoms with van der Waals surface area (Å²) in [5, 5.41) is 12.1. The number of carbonyl (C=O) groups is 3. The number of esters is 2. The van der Waals surface area contributed by atoms with E-state index >= 15 is 0 Å². The summed E-state index contributed by atoms with van der Waals surface area (Å²) in [5.74, 6) is 0.0140. The van der Waals surface area contributed by atoms with E-state index < -0.39 is 17.3 Å². The van der Waals surface area contributed by atoms with Crippen LogP contribution in [-0.2, 0) is 14.3 Å². The van der Waals surface area contributed by atoms with Crippen molar-refractivity contribution in [2.45, 2.75) is 124 Å². The monoisotopic (exact) mass is 693 g/mol. The van der Waals surface area contributed by atoms with Gasteiger partial charge in [-0.1, -0.05) is 0 Å². The summed E-state index contributed by atoms with van der Waals surface area (Å²) in [5.41, 5.74) is 2.84. The maximum Gasteiger partial charge on any atom is 1.00 e. The minimum absolute atomic E-state index is 0. The Hall–Kier alpha value is -2.99. The minimum Gasteiger partial charge on any atom is -1.00 e. The number of carbonyl (C=O) groups excluding carboxylic acids is 3. The maximum atomic E-state index is 12.7. The van der Waals surface area contributed by atoms with E-state index in [9.17, 15) is 19.5 Å². The minimum atomic E-state index is -0.574. The fraction of sp³-hybridized carbons (Fsp3) is 0.553. The van der Waals surface area contributed by atoms with Crippen molar-refractivity contribution in [2.75, 3.05) is 0 Å². The molecule has 0 amide bonds. The Bertz CT molecular complexity index is 1870. The van der Waals surface area contributed by atoms with Crippen molar-refractivity contribution >= 4 is 48.2 Å². The average Bonchev–Trinajstić information content (AvgIpc) is 3.92. The Labute approximate surface area is 321 Å². The number of hydrogen-bond acceptors (Lipinski definition) is 8. The Morgan fingerprint density at radius 1 is 0.800 bits per heavy atom. The molecular weight excluding hydrogens is 642 g/mol. The number of aliphatic hydroxyl groups is 1. The average molecular weight is 694 g/mol. The van der Waals surface area contributed by atoms with Crippen molar-refractivity contribution in [3.63, 3.8) is 0 Å². The first-order chi connectivity index (χ1) is 22.4. The van der Waals surface area contributed by atoms with Gasteiger partial charge in [-0.15, -0.1) is 0 Å². The normalized spacial score (nSPS) is 16.3. The van der Waals surface area contributed by atoms with Crippen molar-refractivity contribution < 1.29 is 59.9 Å². The molecule has 0 saturated heterocycles. The number of fused-ring (bicyclic) bond motifs is 2. The molecular formula is C38H51BN4NaO6. The summed E-state index contributed by atoms with van der Waals surface area (Å²) < 4.78 is 15.0. The number of ketones is 1. The standard InChI is InChI=1S/C19H26N2O3.C19H24N2O3.B.Na.H/c2*1-11-15(18(23)24-19(3,4)5)14-7-6-10-20-17(14)21(11)12(2)16(22)13-8-9-13;;;/h6-7,10,12-13,16,22H,8-9H2,1-5H3;6-7,10,12-13H,8-9H2,1-5H3;;;/q;;;+1;-1. The van der Waals surface area contributed by atoms with Crippen LogP contribution < -0.4 is 29.6 Å². The quantitative estimate of drug-likeness (QED) is 0.215. The van der Waals surface area contributed by atoms with Crippen LogP contribution in [0, 0.1) is 25.7 Å². The maximum absolute atomic E-state index is 12.7. The number of Topliss-reactive ketones (excluding diaryl/α,β-unsaturated/α-hetero) is 1. The van der Waals surface area contributed by atoms with Gasteiger partial charge in [-0.05, 0) is 125 Å². The number of nitrogens with zero attached hydrogens (tertiary/aromatic N) is 4. The molecule has 6 rings (SSSR count). The summed E-state index contributed by atoms with van der Waals surface area (Å²) in [6.07, 6.45) is 7.04. The van der Waals surface area contributed by atoms with E-state index in [2.05, 4.69) is 9.97 Å². The number of aliphatic hydroxyl groups excluding tert-OH is 1. The van der Waals surface area contributed by atoms with Gasteiger partial charge in [0.2, 0.25) is 0 Å². The Kier molecular flexibility index (Phi) is 13.0. The molecule has 0 spiro atoms. The first kappa shape index (κ1) is 41.4. The molecule has 1 N–H and O–H groups in total. The summed E-state index contributed by atoms with van der Waals surface area (Å²) in [6, 6.07) is 6.91. The van der Waals surface area contributed by atoms with Crippen molar-refractivity contribution in [3.8, 4) is 0 Å². The van der Waals surface area contributed by atoms with E-state index in [4.69, 9.17) is 9.47 Å². The molecule has 3 unspecified atom stereocenters. The zero-order chi connectivity index (χ0) is 35.3. The van der Waals surface area contributed by atoms with Crippen LogP contribution in [0.2, 0.25) is 0 Å². The van der Waals surface area contributed by atoms with E-state index in [0.717, 1.165) is 53.5 Å². The molecule has 50 heavy (non-hydrogen) atoms. The third-order valence-corrected chi connectivity index (χ3v) is 9.01. The SMILES string of the molecule is Cc1c(C(=O)OC(C)(C)C)c2cccnc2n1C(C)C(=O)C1CC1.Cc1c(C(=O)OC(C)(C)C)c2cccnc2n1C(C)C(O)C1CC1.[B].[H-].[Na+]. The Balaban J connectivity index is 0.000000334. The van der Waals surface area contributed by atoms with Gasteiger partial charge in [0.1, 0.15) is 22.5 Å². The summed E-state index contributed by atoms with van der Waals surface area (Å²) in [6.45, 7) is 18.7. The molecule has 10 nitrogen and oxygen atoms in total. The van der Waals surface area contributed by atoms with Crippen LogP contribution in [0.25, 0.3) is 22.1 Å². The molecule has 0 bridgehead atoms. The van der Waals surface area contributed by atoms with E-state index in [1.165, 1.54) is 0 Å². The fourth-order valence-electron chi connectivity index (χ4n) is 6.48. The summed E-state index contributed by atoms with van der Waals surface area (Å²) in [4.78, 5) is 46.9. The number of pyridine rings is 2. The second kappa shape index (κ2) is 15.7. The van der Waals surface area contributed by atoms with E-state index in [-0.39, 0.29) is 75.1 Å². The molecule has 3 radical (unpaired) electrons. The molecule has 4 aromatic rings. The number of rotatable bonds is 8. The Morgan fingerprint density at radius 3 is 1.62 bits per heavy atom. The van der Waals surface area contributed by atoms with Crippen LogP contribution in [0.1, 0.15) is 127 Å². The summed E-state index contributed by atoms with van der Waals surface area (Å²) >= 11 is 0. The third kappa shape index (κ3) is 8.90. The number of aromatic nitrogens is 4.